The number of aromatic nitrogens is 2. The summed E-state index contributed by atoms with van der Waals surface area (Å²) in [5.41, 5.74) is -0.158. The molecule has 5 rings (SSSR count). The van der Waals surface area contributed by atoms with E-state index < -0.39 is 28.6 Å². The van der Waals surface area contributed by atoms with Crippen LogP contribution in [0.1, 0.15) is 70.5 Å². The molecule has 3 aliphatic rings. The van der Waals surface area contributed by atoms with Crippen LogP contribution in [0.15, 0.2) is 36.7 Å². The Hall–Kier alpha value is -2.37. The predicted octanol–water partition coefficient (Wildman–Crippen LogP) is 6.39. The van der Waals surface area contributed by atoms with Crippen molar-refractivity contribution in [3.05, 3.63) is 42.5 Å². The average molecular weight is 441 g/mol. The minimum absolute atomic E-state index is 0.263. The first-order valence-corrected chi connectivity index (χ1v) is 12.0. The summed E-state index contributed by atoms with van der Waals surface area (Å²) < 4.78 is 33.7. The Kier molecular flexibility index (Phi) is 5.30. The number of carbonyl (C=O) groups is 1. The van der Waals surface area contributed by atoms with E-state index in [9.17, 15) is 13.6 Å². The van der Waals surface area contributed by atoms with Gasteiger partial charge in [-0.05, 0) is 43.4 Å². The van der Waals surface area contributed by atoms with Gasteiger partial charge in [0.1, 0.15) is 11.6 Å². The number of hydrogen-bond acceptors (Lipinski definition) is 4. The summed E-state index contributed by atoms with van der Waals surface area (Å²) in [4.78, 5) is 21.4. The maximum absolute atomic E-state index is 14.1. The molecule has 0 radical (unpaired) electrons. The highest BCUT2D eigenvalue weighted by molar-refractivity contribution is 5.82. The molecule has 3 saturated carbocycles. The van der Waals surface area contributed by atoms with Crippen LogP contribution in [0.25, 0.3) is 11.1 Å². The molecule has 1 aromatic carbocycles. The number of esters is 1. The van der Waals surface area contributed by atoms with Crippen molar-refractivity contribution in [2.45, 2.75) is 77.1 Å². The fraction of sp³-hybridized carbons (Fsp3) is 0.577. The Labute approximate surface area is 187 Å². The third-order valence-corrected chi connectivity index (χ3v) is 7.81. The van der Waals surface area contributed by atoms with E-state index in [2.05, 4.69) is 16.9 Å². The predicted molar refractivity (Wildman–Crippen MR) is 117 cm³/mol. The van der Waals surface area contributed by atoms with Gasteiger partial charge in [-0.3, -0.25) is 4.79 Å². The molecule has 3 fully saturated rings. The van der Waals surface area contributed by atoms with E-state index in [0.717, 1.165) is 29.8 Å². The average Bonchev–Trinajstić information content (AvgIpc) is 3.70. The van der Waals surface area contributed by atoms with Gasteiger partial charge in [-0.25, -0.2) is 18.7 Å². The molecule has 0 aliphatic heterocycles. The largest absolute Gasteiger partial charge is 0.426 e. The summed E-state index contributed by atoms with van der Waals surface area (Å²) in [6.45, 7) is 2.22. The number of ether oxygens (including phenoxy) is 1. The molecule has 32 heavy (non-hydrogen) atoms. The summed E-state index contributed by atoms with van der Waals surface area (Å²) in [6.07, 6.45) is 13.3. The lowest BCUT2D eigenvalue weighted by Gasteiger charge is -2.06. The standard InChI is InChI=1S/C26H30F2N2O2/c1-2-3-4-5-6-7-8-22-29-16-19(17-30-22)18-9-11-20(12-10-18)32-23(31)21-15-25(21)24(13-14-24)26(25,27)28/h9-12,16-17,21H,2-8,13-15H2,1H3/t21-,25+/m0/s1. The normalized spacial score (nSPS) is 25.7. The number of carbonyl (C=O) groups excluding carboxylic acids is 1. The summed E-state index contributed by atoms with van der Waals surface area (Å²) >= 11 is 0. The topological polar surface area (TPSA) is 52.1 Å². The molecule has 0 N–H and O–H groups in total. The van der Waals surface area contributed by atoms with E-state index in [1.807, 2.05) is 24.5 Å². The number of halogens is 2. The summed E-state index contributed by atoms with van der Waals surface area (Å²) in [6, 6.07) is 7.08. The van der Waals surface area contributed by atoms with Gasteiger partial charge in [0.2, 0.25) is 0 Å². The van der Waals surface area contributed by atoms with E-state index in [-0.39, 0.29) is 6.42 Å². The van der Waals surface area contributed by atoms with E-state index in [4.69, 9.17) is 4.74 Å². The van der Waals surface area contributed by atoms with Crippen LogP contribution in [-0.2, 0) is 11.2 Å². The van der Waals surface area contributed by atoms with Gasteiger partial charge in [0, 0.05) is 29.8 Å². The Morgan fingerprint density at radius 3 is 2.28 bits per heavy atom. The quantitative estimate of drug-likeness (QED) is 0.244. The number of alkyl halides is 2. The summed E-state index contributed by atoms with van der Waals surface area (Å²) in [5.74, 6) is -2.63. The Balaban J connectivity index is 1.11. The minimum atomic E-state index is -2.69. The number of fused-ring (bicyclic) bond motifs is 1. The van der Waals surface area contributed by atoms with Gasteiger partial charge in [-0.1, -0.05) is 51.2 Å². The van der Waals surface area contributed by atoms with Crippen LogP contribution in [0.5, 0.6) is 5.75 Å². The molecule has 3 aliphatic carbocycles. The second-order valence-corrected chi connectivity index (χ2v) is 9.74. The molecule has 2 atom stereocenters. The van der Waals surface area contributed by atoms with E-state index in [1.165, 1.54) is 32.1 Å². The fourth-order valence-electron chi connectivity index (χ4n) is 5.61. The molecule has 6 heteroatoms. The van der Waals surface area contributed by atoms with Crippen molar-refractivity contribution in [1.29, 1.82) is 0 Å². The SMILES string of the molecule is CCCCCCCCc1ncc(-c2ccc(OC(=O)[C@@H]3C[C@@]34C(F)(F)C43CC3)cc2)cn1. The van der Waals surface area contributed by atoms with Crippen LogP contribution >= 0.6 is 0 Å². The van der Waals surface area contributed by atoms with Gasteiger partial charge in [0.25, 0.3) is 5.92 Å². The highest BCUT2D eigenvalue weighted by atomic mass is 19.3. The van der Waals surface area contributed by atoms with Crippen LogP contribution in [0.2, 0.25) is 0 Å². The molecule has 4 nitrogen and oxygen atoms in total. The number of rotatable bonds is 10. The number of aryl methyl sites for hydroxylation is 1. The van der Waals surface area contributed by atoms with Crippen LogP contribution in [-0.4, -0.2) is 21.9 Å². The first-order chi connectivity index (χ1) is 15.4. The van der Waals surface area contributed by atoms with Gasteiger partial charge < -0.3 is 4.74 Å². The van der Waals surface area contributed by atoms with Crippen LogP contribution in [0, 0.1) is 16.7 Å². The molecule has 0 bridgehead atoms. The molecule has 170 valence electrons. The minimum Gasteiger partial charge on any atom is -0.426 e. The highest BCUT2D eigenvalue weighted by Crippen LogP contribution is 2.97. The van der Waals surface area contributed by atoms with Crippen molar-refractivity contribution in [2.24, 2.45) is 16.7 Å². The van der Waals surface area contributed by atoms with Gasteiger partial charge in [0.15, 0.2) is 0 Å². The number of nitrogens with zero attached hydrogens (tertiary/aromatic N) is 2. The van der Waals surface area contributed by atoms with Crippen molar-refractivity contribution >= 4 is 5.97 Å². The van der Waals surface area contributed by atoms with Crippen molar-refractivity contribution in [3.8, 4) is 16.9 Å². The molecular weight excluding hydrogens is 410 g/mol. The Morgan fingerprint density at radius 1 is 1.00 bits per heavy atom. The lowest BCUT2D eigenvalue weighted by molar-refractivity contribution is -0.136. The zero-order valence-electron chi connectivity index (χ0n) is 18.6. The summed E-state index contributed by atoms with van der Waals surface area (Å²) in [5, 5.41) is 0. The number of unbranched alkanes of at least 4 members (excludes halogenated alkanes) is 5. The Morgan fingerprint density at radius 2 is 1.66 bits per heavy atom. The molecular formula is C26H30F2N2O2. The zero-order chi connectivity index (χ0) is 22.4. The first-order valence-electron chi connectivity index (χ1n) is 12.0. The monoisotopic (exact) mass is 440 g/mol. The third kappa shape index (κ3) is 3.34. The fourth-order valence-corrected chi connectivity index (χ4v) is 5.61. The maximum Gasteiger partial charge on any atom is 0.315 e. The smallest absolute Gasteiger partial charge is 0.315 e. The van der Waals surface area contributed by atoms with Crippen LogP contribution in [0.3, 0.4) is 0 Å². The Bertz CT molecular complexity index is 980. The van der Waals surface area contributed by atoms with Crippen molar-refractivity contribution in [3.63, 3.8) is 0 Å². The molecule has 1 heterocycles. The van der Waals surface area contributed by atoms with Gasteiger partial charge >= 0.3 is 5.97 Å². The van der Waals surface area contributed by atoms with Gasteiger partial charge in [0.05, 0.1) is 11.3 Å². The van der Waals surface area contributed by atoms with Crippen molar-refractivity contribution < 1.29 is 18.3 Å². The van der Waals surface area contributed by atoms with E-state index in [0.29, 0.717) is 18.6 Å². The second-order valence-electron chi connectivity index (χ2n) is 9.74. The number of hydrogen-bond donors (Lipinski definition) is 0. The third-order valence-electron chi connectivity index (χ3n) is 7.81. The highest BCUT2D eigenvalue weighted by Gasteiger charge is 3.04. The summed E-state index contributed by atoms with van der Waals surface area (Å²) in [7, 11) is 0. The molecule has 1 aromatic heterocycles. The first kappa shape index (κ1) is 21.5. The zero-order valence-corrected chi connectivity index (χ0v) is 18.6. The van der Waals surface area contributed by atoms with Crippen molar-refractivity contribution in [2.75, 3.05) is 0 Å². The van der Waals surface area contributed by atoms with E-state index in [1.54, 1.807) is 12.1 Å². The molecule has 0 saturated heterocycles. The molecule has 2 spiro atoms. The maximum atomic E-state index is 14.1. The lowest BCUT2D eigenvalue weighted by atomic mass is 10.1. The van der Waals surface area contributed by atoms with Gasteiger partial charge in [-0.2, -0.15) is 0 Å². The van der Waals surface area contributed by atoms with Crippen molar-refractivity contribution in [1.82, 2.24) is 9.97 Å². The van der Waals surface area contributed by atoms with Crippen LogP contribution in [0.4, 0.5) is 8.78 Å². The molecule has 0 unspecified atom stereocenters. The van der Waals surface area contributed by atoms with E-state index >= 15 is 0 Å². The lowest BCUT2D eigenvalue weighted by Crippen LogP contribution is -2.13. The molecule has 2 aromatic rings. The van der Waals surface area contributed by atoms with Crippen LogP contribution < -0.4 is 4.74 Å². The number of benzene rings is 1. The van der Waals surface area contributed by atoms with Gasteiger partial charge in [-0.15, -0.1) is 0 Å². The molecule has 0 amide bonds. The second kappa shape index (κ2) is 7.89.